The van der Waals surface area contributed by atoms with E-state index in [1.807, 2.05) is 12.1 Å². The first-order valence-electron chi connectivity index (χ1n) is 6.21. The van der Waals surface area contributed by atoms with Crippen molar-refractivity contribution in [2.45, 2.75) is 19.3 Å². The summed E-state index contributed by atoms with van der Waals surface area (Å²) in [5, 5.41) is 2.26. The van der Waals surface area contributed by atoms with Crippen LogP contribution in [0.5, 0.6) is 0 Å². The lowest BCUT2D eigenvalue weighted by molar-refractivity contribution is -0.144. The van der Waals surface area contributed by atoms with Gasteiger partial charge in [0.2, 0.25) is 11.8 Å². The number of carbonyl (C=O) groups is 3. The van der Waals surface area contributed by atoms with Crippen molar-refractivity contribution >= 4 is 17.8 Å². The minimum atomic E-state index is -0.960. The summed E-state index contributed by atoms with van der Waals surface area (Å²) in [7, 11) is 0. The van der Waals surface area contributed by atoms with Gasteiger partial charge in [-0.15, -0.1) is 0 Å². The van der Waals surface area contributed by atoms with Crippen LogP contribution in [0.25, 0.3) is 0 Å². The van der Waals surface area contributed by atoms with E-state index in [1.54, 1.807) is 12.3 Å². The van der Waals surface area contributed by atoms with E-state index in [0.29, 0.717) is 19.3 Å². The number of rotatable bonds is 3. The summed E-state index contributed by atoms with van der Waals surface area (Å²) < 4.78 is 0. The molecule has 3 rings (SSSR count). The van der Waals surface area contributed by atoms with E-state index in [-0.39, 0.29) is 12.5 Å². The monoisotopic (exact) mass is 259 g/mol. The maximum atomic E-state index is 12.2. The van der Waals surface area contributed by atoms with Crippen molar-refractivity contribution in [2.75, 3.05) is 6.54 Å². The van der Waals surface area contributed by atoms with Crippen molar-refractivity contribution in [3.8, 4) is 0 Å². The number of hydrogen-bond acceptors (Lipinski definition) is 4. The lowest BCUT2D eigenvalue weighted by Gasteiger charge is -2.30. The Kier molecular flexibility index (Phi) is 2.58. The molecule has 1 aliphatic carbocycles. The third-order valence-electron chi connectivity index (χ3n) is 3.62. The molecule has 0 aromatic carbocycles. The average molecular weight is 259 g/mol. The van der Waals surface area contributed by atoms with Gasteiger partial charge in [0.25, 0.3) is 0 Å². The largest absolute Gasteiger partial charge is 0.330 e. The molecule has 1 spiro atoms. The lowest BCUT2D eigenvalue weighted by atomic mass is 10.0. The molecule has 6 nitrogen and oxygen atoms in total. The molecule has 1 saturated carbocycles. The molecule has 98 valence electrons. The summed E-state index contributed by atoms with van der Waals surface area (Å²) in [4.78, 5) is 40.8. The van der Waals surface area contributed by atoms with Gasteiger partial charge in [0.15, 0.2) is 0 Å². The Morgan fingerprint density at radius 3 is 2.68 bits per heavy atom. The molecule has 0 atom stereocenters. The Morgan fingerprint density at radius 2 is 2.05 bits per heavy atom. The van der Waals surface area contributed by atoms with Crippen LogP contribution in [0.4, 0.5) is 4.79 Å². The van der Waals surface area contributed by atoms with E-state index < -0.39 is 17.4 Å². The minimum absolute atomic E-state index is 0.247. The highest BCUT2D eigenvalue weighted by molar-refractivity contribution is 6.20. The van der Waals surface area contributed by atoms with Crippen molar-refractivity contribution in [1.82, 2.24) is 15.2 Å². The first kappa shape index (κ1) is 11.8. The highest BCUT2D eigenvalue weighted by Gasteiger charge is 2.61. The third-order valence-corrected chi connectivity index (χ3v) is 3.62. The maximum absolute atomic E-state index is 12.2. The van der Waals surface area contributed by atoms with Gasteiger partial charge in [-0.2, -0.15) is 0 Å². The smallest absolute Gasteiger partial charge is 0.277 e. The highest BCUT2D eigenvalue weighted by Crippen LogP contribution is 2.48. The zero-order chi connectivity index (χ0) is 13.5. The molecule has 2 aliphatic rings. The van der Waals surface area contributed by atoms with E-state index in [0.717, 1.165) is 10.6 Å². The summed E-state index contributed by atoms with van der Waals surface area (Å²) >= 11 is 0. The number of urea groups is 1. The average Bonchev–Trinajstić information content (AvgIpc) is 3.20. The molecular formula is C13H13N3O3. The first-order valence-corrected chi connectivity index (χ1v) is 6.21. The molecule has 0 radical (unpaired) electrons. The Hall–Kier alpha value is -2.24. The normalized spacial score (nSPS) is 20.6. The van der Waals surface area contributed by atoms with Crippen LogP contribution >= 0.6 is 0 Å². The minimum Gasteiger partial charge on any atom is -0.277 e. The quantitative estimate of drug-likeness (QED) is 0.801. The Labute approximate surface area is 109 Å². The van der Waals surface area contributed by atoms with E-state index in [9.17, 15) is 14.4 Å². The van der Waals surface area contributed by atoms with Crippen molar-refractivity contribution in [3.05, 3.63) is 30.1 Å². The molecule has 2 heterocycles. The molecule has 19 heavy (non-hydrogen) atoms. The molecule has 0 unspecified atom stereocenters. The molecule has 4 amide bonds. The van der Waals surface area contributed by atoms with E-state index >= 15 is 0 Å². The molecule has 0 bridgehead atoms. The second-order valence-corrected chi connectivity index (χ2v) is 4.87. The van der Waals surface area contributed by atoms with Crippen LogP contribution in [-0.4, -0.2) is 34.3 Å². The first-order chi connectivity index (χ1) is 9.13. The molecule has 1 N–H and O–H groups in total. The van der Waals surface area contributed by atoms with Gasteiger partial charge < -0.3 is 0 Å². The Balaban J connectivity index is 1.72. The van der Waals surface area contributed by atoms with Gasteiger partial charge in [0, 0.05) is 24.9 Å². The predicted octanol–water partition coefficient (Wildman–Crippen LogP) is 0.483. The number of pyridine rings is 1. The molecule has 1 aromatic heterocycles. The number of amides is 4. The molecule has 1 aliphatic heterocycles. The number of imide groups is 2. The summed E-state index contributed by atoms with van der Waals surface area (Å²) in [5.74, 6) is -0.811. The zero-order valence-electron chi connectivity index (χ0n) is 10.3. The standard InChI is InChI=1S/C13H13N3O3/c17-10-13(5-6-13)11(18)16(12(19)15-10)8-4-9-3-1-2-7-14-9/h1-3,7H,4-6,8H2,(H,15,17,19). The number of nitrogens with one attached hydrogen (secondary N) is 1. The summed E-state index contributed by atoms with van der Waals surface area (Å²) in [6.45, 7) is 0.247. The Bertz CT molecular complexity index is 552. The fourth-order valence-electron chi connectivity index (χ4n) is 2.27. The Morgan fingerprint density at radius 1 is 1.26 bits per heavy atom. The second kappa shape index (κ2) is 4.15. The molecule has 2 fully saturated rings. The molecule has 1 saturated heterocycles. The van der Waals surface area contributed by atoms with Crippen LogP contribution in [0.1, 0.15) is 18.5 Å². The summed E-state index contributed by atoms with van der Waals surface area (Å²) in [5.41, 5.74) is -0.150. The van der Waals surface area contributed by atoms with E-state index in [2.05, 4.69) is 10.3 Å². The number of carbonyl (C=O) groups excluding carboxylic acids is 3. The van der Waals surface area contributed by atoms with Crippen LogP contribution in [0.15, 0.2) is 24.4 Å². The maximum Gasteiger partial charge on any atom is 0.330 e. The zero-order valence-corrected chi connectivity index (χ0v) is 10.3. The number of hydrogen-bond donors (Lipinski definition) is 1. The van der Waals surface area contributed by atoms with Crippen molar-refractivity contribution < 1.29 is 14.4 Å². The molecule has 6 heteroatoms. The molecule has 1 aromatic rings. The van der Waals surface area contributed by atoms with E-state index in [4.69, 9.17) is 0 Å². The number of barbiturate groups is 1. The van der Waals surface area contributed by atoms with E-state index in [1.165, 1.54) is 0 Å². The SMILES string of the molecule is O=C1NC(=O)C2(CC2)C(=O)N1CCc1ccccn1. The third kappa shape index (κ3) is 1.89. The fourth-order valence-corrected chi connectivity index (χ4v) is 2.27. The fraction of sp³-hybridized carbons (Fsp3) is 0.385. The van der Waals surface area contributed by atoms with Crippen LogP contribution in [0.3, 0.4) is 0 Å². The van der Waals surface area contributed by atoms with Crippen LogP contribution in [0, 0.1) is 5.41 Å². The number of aromatic nitrogens is 1. The molecular weight excluding hydrogens is 246 g/mol. The predicted molar refractivity (Wildman–Crippen MR) is 64.9 cm³/mol. The van der Waals surface area contributed by atoms with Crippen LogP contribution < -0.4 is 5.32 Å². The van der Waals surface area contributed by atoms with Crippen LogP contribution in [-0.2, 0) is 16.0 Å². The van der Waals surface area contributed by atoms with Crippen molar-refractivity contribution in [1.29, 1.82) is 0 Å². The van der Waals surface area contributed by atoms with Gasteiger partial charge in [0.1, 0.15) is 5.41 Å². The van der Waals surface area contributed by atoms with Gasteiger partial charge >= 0.3 is 6.03 Å². The topological polar surface area (TPSA) is 79.4 Å². The summed E-state index contributed by atoms with van der Waals surface area (Å²) in [6, 6.07) is 4.88. The second-order valence-electron chi connectivity index (χ2n) is 4.87. The summed E-state index contributed by atoms with van der Waals surface area (Å²) in [6.07, 6.45) is 3.22. The van der Waals surface area contributed by atoms with Gasteiger partial charge in [-0.05, 0) is 25.0 Å². The van der Waals surface area contributed by atoms with Crippen LogP contribution in [0.2, 0.25) is 0 Å². The van der Waals surface area contributed by atoms with Crippen molar-refractivity contribution in [3.63, 3.8) is 0 Å². The number of nitrogens with zero attached hydrogens (tertiary/aromatic N) is 2. The van der Waals surface area contributed by atoms with Gasteiger partial charge in [-0.3, -0.25) is 24.8 Å². The van der Waals surface area contributed by atoms with Gasteiger partial charge in [0.05, 0.1) is 0 Å². The van der Waals surface area contributed by atoms with Gasteiger partial charge in [-0.1, -0.05) is 6.07 Å². The highest BCUT2D eigenvalue weighted by atomic mass is 16.2. The van der Waals surface area contributed by atoms with Crippen molar-refractivity contribution in [2.24, 2.45) is 5.41 Å². The van der Waals surface area contributed by atoms with Gasteiger partial charge in [-0.25, -0.2) is 4.79 Å². The lowest BCUT2D eigenvalue weighted by Crippen LogP contribution is -2.59.